The number of hydrogen-bond acceptors (Lipinski definition) is 4. The number of piperidine rings is 1. The number of nitrogens with one attached hydrogen (secondary N) is 3. The van der Waals surface area contributed by atoms with Crippen molar-refractivity contribution in [1.29, 1.82) is 0 Å². The van der Waals surface area contributed by atoms with Gasteiger partial charge < -0.3 is 20.9 Å². The SMILES string of the molecule is CC(C)CNC(=O)C(NC(=O)c1cccs1)C1CCN(C(=S)Nc2ccc(F)cc2)CC1. The van der Waals surface area contributed by atoms with Crippen molar-refractivity contribution in [2.45, 2.75) is 32.7 Å². The first-order valence-corrected chi connectivity index (χ1v) is 12.1. The molecule has 0 radical (unpaired) electrons. The second kappa shape index (κ2) is 11.4. The summed E-state index contributed by atoms with van der Waals surface area (Å²) in [5.41, 5.74) is 0.729. The predicted octanol–water partition coefficient (Wildman–Crippen LogP) is 3.87. The third-order valence-electron chi connectivity index (χ3n) is 5.39. The first-order chi connectivity index (χ1) is 15.3. The van der Waals surface area contributed by atoms with Gasteiger partial charge in [-0.25, -0.2) is 4.39 Å². The fourth-order valence-corrected chi connectivity index (χ4v) is 4.53. The molecule has 3 rings (SSSR count). The highest BCUT2D eigenvalue weighted by Gasteiger charge is 2.33. The largest absolute Gasteiger partial charge is 0.354 e. The Morgan fingerprint density at radius 2 is 1.88 bits per heavy atom. The van der Waals surface area contributed by atoms with Crippen molar-refractivity contribution in [2.24, 2.45) is 11.8 Å². The Hall–Kier alpha value is -2.52. The Morgan fingerprint density at radius 1 is 1.19 bits per heavy atom. The first kappa shape index (κ1) is 24.1. The summed E-state index contributed by atoms with van der Waals surface area (Å²) < 4.78 is 13.1. The number of amides is 2. The number of thiophene rings is 1. The molecule has 1 unspecified atom stereocenters. The van der Waals surface area contributed by atoms with Crippen molar-refractivity contribution in [1.82, 2.24) is 15.5 Å². The number of rotatable bonds is 7. The molecule has 3 N–H and O–H groups in total. The topological polar surface area (TPSA) is 73.5 Å². The zero-order valence-corrected chi connectivity index (χ0v) is 19.9. The maximum absolute atomic E-state index is 13.1. The number of likely N-dealkylation sites (tertiary alicyclic amines) is 1. The van der Waals surface area contributed by atoms with Gasteiger partial charge in [0.05, 0.1) is 4.88 Å². The van der Waals surface area contributed by atoms with Gasteiger partial charge >= 0.3 is 0 Å². The molecule has 0 spiro atoms. The summed E-state index contributed by atoms with van der Waals surface area (Å²) in [7, 11) is 0. The van der Waals surface area contributed by atoms with E-state index < -0.39 is 6.04 Å². The van der Waals surface area contributed by atoms with Crippen LogP contribution in [0.15, 0.2) is 41.8 Å². The van der Waals surface area contributed by atoms with E-state index in [0.717, 1.165) is 18.5 Å². The number of carbonyl (C=O) groups is 2. The monoisotopic (exact) mass is 476 g/mol. The van der Waals surface area contributed by atoms with E-state index >= 15 is 0 Å². The molecular weight excluding hydrogens is 447 g/mol. The molecule has 1 aromatic carbocycles. The minimum Gasteiger partial charge on any atom is -0.354 e. The first-order valence-electron chi connectivity index (χ1n) is 10.8. The number of hydrogen-bond donors (Lipinski definition) is 3. The molecule has 2 amide bonds. The highest BCUT2D eigenvalue weighted by Crippen LogP contribution is 2.23. The average Bonchev–Trinajstić information content (AvgIpc) is 3.32. The molecule has 0 bridgehead atoms. The van der Waals surface area contributed by atoms with Crippen LogP contribution >= 0.6 is 23.6 Å². The molecule has 32 heavy (non-hydrogen) atoms. The Morgan fingerprint density at radius 3 is 2.47 bits per heavy atom. The Balaban J connectivity index is 1.60. The quantitative estimate of drug-likeness (QED) is 0.529. The van der Waals surface area contributed by atoms with Crippen LogP contribution in [0.25, 0.3) is 0 Å². The number of carbonyl (C=O) groups excluding carboxylic acids is 2. The molecule has 0 aliphatic carbocycles. The van der Waals surface area contributed by atoms with Crippen LogP contribution in [0.4, 0.5) is 10.1 Å². The van der Waals surface area contributed by atoms with Crippen molar-refractivity contribution in [3.05, 3.63) is 52.5 Å². The third-order valence-corrected chi connectivity index (χ3v) is 6.62. The predicted molar refractivity (Wildman–Crippen MR) is 130 cm³/mol. The van der Waals surface area contributed by atoms with Gasteiger partial charge in [-0.2, -0.15) is 0 Å². The van der Waals surface area contributed by atoms with Gasteiger partial charge in [-0.3, -0.25) is 9.59 Å². The number of thiocarbonyl (C=S) groups is 1. The van der Waals surface area contributed by atoms with Gasteiger partial charge in [0.25, 0.3) is 5.91 Å². The van der Waals surface area contributed by atoms with Gasteiger partial charge in [-0.15, -0.1) is 11.3 Å². The lowest BCUT2D eigenvalue weighted by Crippen LogP contribution is -2.54. The van der Waals surface area contributed by atoms with Gasteiger partial charge in [-0.1, -0.05) is 19.9 Å². The lowest BCUT2D eigenvalue weighted by molar-refractivity contribution is -0.124. The summed E-state index contributed by atoms with van der Waals surface area (Å²) >= 11 is 6.87. The third kappa shape index (κ3) is 6.74. The lowest BCUT2D eigenvalue weighted by Gasteiger charge is -2.37. The second-order valence-corrected chi connectivity index (χ2v) is 9.66. The molecule has 9 heteroatoms. The minimum absolute atomic E-state index is 0.0101. The summed E-state index contributed by atoms with van der Waals surface area (Å²) in [5, 5.41) is 11.5. The van der Waals surface area contributed by atoms with E-state index in [2.05, 4.69) is 16.0 Å². The van der Waals surface area contributed by atoms with E-state index in [1.165, 1.54) is 23.5 Å². The highest BCUT2D eigenvalue weighted by molar-refractivity contribution is 7.80. The standard InChI is InChI=1S/C23H29FN4O2S2/c1-15(2)14-25-22(30)20(27-21(29)19-4-3-13-32-19)16-9-11-28(12-10-16)23(31)26-18-7-5-17(24)6-8-18/h3-8,13,15-16,20H,9-12,14H2,1-2H3,(H,25,30)(H,26,31)(H,27,29). The molecule has 2 aromatic rings. The van der Waals surface area contributed by atoms with E-state index in [1.54, 1.807) is 18.2 Å². The fraction of sp³-hybridized carbons (Fsp3) is 0.435. The number of anilines is 1. The molecule has 1 aliphatic rings. The molecule has 1 fully saturated rings. The van der Waals surface area contributed by atoms with E-state index in [1.807, 2.05) is 30.2 Å². The van der Waals surface area contributed by atoms with Crippen LogP contribution in [0.2, 0.25) is 0 Å². The maximum Gasteiger partial charge on any atom is 0.262 e. The van der Waals surface area contributed by atoms with Crippen molar-refractivity contribution in [2.75, 3.05) is 25.0 Å². The molecule has 172 valence electrons. The van der Waals surface area contributed by atoms with E-state index in [-0.39, 0.29) is 23.5 Å². The van der Waals surface area contributed by atoms with Crippen LogP contribution in [-0.2, 0) is 4.79 Å². The Labute approximate surface area is 197 Å². The molecule has 0 saturated carbocycles. The highest BCUT2D eigenvalue weighted by atomic mass is 32.1. The van der Waals surface area contributed by atoms with Crippen LogP contribution in [-0.4, -0.2) is 47.5 Å². The van der Waals surface area contributed by atoms with Crippen molar-refractivity contribution < 1.29 is 14.0 Å². The Kier molecular flexibility index (Phi) is 8.58. The van der Waals surface area contributed by atoms with Crippen LogP contribution in [0, 0.1) is 17.7 Å². The number of halogens is 1. The van der Waals surface area contributed by atoms with Crippen molar-refractivity contribution >= 4 is 46.2 Å². The van der Waals surface area contributed by atoms with E-state index in [9.17, 15) is 14.0 Å². The van der Waals surface area contributed by atoms with Gasteiger partial charge in [-0.05, 0) is 72.6 Å². The van der Waals surface area contributed by atoms with Gasteiger partial charge in [0.15, 0.2) is 5.11 Å². The van der Waals surface area contributed by atoms with Gasteiger partial charge in [0.2, 0.25) is 5.91 Å². The van der Waals surface area contributed by atoms with Crippen LogP contribution < -0.4 is 16.0 Å². The smallest absolute Gasteiger partial charge is 0.262 e. The number of benzene rings is 1. The van der Waals surface area contributed by atoms with Crippen molar-refractivity contribution in [3.63, 3.8) is 0 Å². The van der Waals surface area contributed by atoms with Crippen molar-refractivity contribution in [3.8, 4) is 0 Å². The van der Waals surface area contributed by atoms with Crippen LogP contribution in [0.5, 0.6) is 0 Å². The molecule has 6 nitrogen and oxygen atoms in total. The lowest BCUT2D eigenvalue weighted by atomic mass is 9.88. The zero-order valence-electron chi connectivity index (χ0n) is 18.3. The molecule has 1 aliphatic heterocycles. The summed E-state index contributed by atoms with van der Waals surface area (Å²) in [4.78, 5) is 28.2. The fourth-order valence-electron chi connectivity index (χ4n) is 3.60. The molecule has 1 aromatic heterocycles. The molecular formula is C23H29FN4O2S2. The zero-order chi connectivity index (χ0) is 23.1. The minimum atomic E-state index is -0.593. The normalized spacial score (nSPS) is 15.3. The molecule has 1 atom stereocenters. The van der Waals surface area contributed by atoms with E-state index in [4.69, 9.17) is 12.2 Å². The summed E-state index contributed by atoms with van der Waals surface area (Å²) in [5.74, 6) is -0.330. The number of nitrogens with zero attached hydrogens (tertiary/aromatic N) is 1. The van der Waals surface area contributed by atoms with Gasteiger partial charge in [0, 0.05) is 25.3 Å². The van der Waals surface area contributed by atoms with Crippen LogP contribution in [0.1, 0.15) is 36.4 Å². The Bertz CT molecular complexity index is 911. The van der Waals surface area contributed by atoms with Crippen LogP contribution in [0.3, 0.4) is 0 Å². The van der Waals surface area contributed by atoms with E-state index in [0.29, 0.717) is 35.5 Å². The maximum atomic E-state index is 13.1. The summed E-state index contributed by atoms with van der Waals surface area (Å²) in [6, 6.07) is 9.03. The summed E-state index contributed by atoms with van der Waals surface area (Å²) in [6.45, 7) is 5.97. The molecule has 1 saturated heterocycles. The second-order valence-electron chi connectivity index (χ2n) is 8.33. The summed E-state index contributed by atoms with van der Waals surface area (Å²) in [6.07, 6.45) is 1.44. The average molecular weight is 477 g/mol. The molecule has 2 heterocycles. The van der Waals surface area contributed by atoms with Gasteiger partial charge in [0.1, 0.15) is 11.9 Å².